The maximum absolute atomic E-state index is 2.35. The molecule has 188 valence electrons. The van der Waals surface area contributed by atoms with Gasteiger partial charge in [0.25, 0.3) is 0 Å². The van der Waals surface area contributed by atoms with Crippen LogP contribution in [0.15, 0.2) is 152 Å². The molecule has 8 rings (SSSR count). The number of rotatable bonds is 4. The minimum atomic E-state index is 1.14. The minimum Gasteiger partial charge on any atom is -0.310 e. The molecule has 0 atom stereocenters. The molecule has 0 fully saturated rings. The van der Waals surface area contributed by atoms with Crippen LogP contribution in [0.25, 0.3) is 52.8 Å². The van der Waals surface area contributed by atoms with Gasteiger partial charge < -0.3 is 4.90 Å². The van der Waals surface area contributed by atoms with Gasteiger partial charge in [0.1, 0.15) is 0 Å². The summed E-state index contributed by atoms with van der Waals surface area (Å²) in [4.78, 5) is 2.35. The smallest absolute Gasteiger partial charge is 0.0468 e. The lowest BCUT2D eigenvalue weighted by Crippen LogP contribution is -2.09. The third-order valence-electron chi connectivity index (χ3n) is 7.80. The van der Waals surface area contributed by atoms with Crippen molar-refractivity contribution in [3.05, 3.63) is 152 Å². The van der Waals surface area contributed by atoms with Gasteiger partial charge in [0.2, 0.25) is 0 Å². The van der Waals surface area contributed by atoms with Crippen LogP contribution in [0.2, 0.25) is 0 Å². The molecule has 0 amide bonds. The van der Waals surface area contributed by atoms with Gasteiger partial charge >= 0.3 is 0 Å². The van der Waals surface area contributed by atoms with Crippen molar-refractivity contribution in [1.82, 2.24) is 0 Å². The van der Waals surface area contributed by atoms with E-state index in [4.69, 9.17) is 0 Å². The van der Waals surface area contributed by atoms with E-state index in [1.54, 1.807) is 0 Å². The summed E-state index contributed by atoms with van der Waals surface area (Å²) in [6.45, 7) is 0. The first-order chi connectivity index (χ1) is 19.8. The Morgan fingerprint density at radius 1 is 0.350 bits per heavy atom. The number of anilines is 3. The fraction of sp³-hybridized carbons (Fsp3) is 0. The highest BCUT2D eigenvalue weighted by molar-refractivity contribution is 7.25. The number of fused-ring (bicyclic) bond motifs is 5. The largest absolute Gasteiger partial charge is 0.310 e. The lowest BCUT2D eigenvalue weighted by atomic mass is 10.0. The highest BCUT2D eigenvalue weighted by Crippen LogP contribution is 2.40. The summed E-state index contributed by atoms with van der Waals surface area (Å²) < 4.78 is 2.67. The summed E-state index contributed by atoms with van der Waals surface area (Å²) in [5.41, 5.74) is 5.88. The first kappa shape index (κ1) is 23.0. The van der Waals surface area contributed by atoms with Crippen molar-refractivity contribution in [2.45, 2.75) is 0 Å². The van der Waals surface area contributed by atoms with Crippen molar-refractivity contribution < 1.29 is 0 Å². The Hall–Kier alpha value is -4.92. The van der Waals surface area contributed by atoms with Crippen LogP contribution < -0.4 is 4.90 Å². The standard InChI is InChI=1S/C38H25NS/c1-2-10-32(11-3-1)39(33-19-16-27(17-20-33)29-15-14-26-8-4-5-9-28(26)22-29)34-21-18-30-24-36-35-12-6-7-13-37(35)40-38(36)25-31(30)23-34/h1-25H. The van der Waals surface area contributed by atoms with Crippen molar-refractivity contribution in [1.29, 1.82) is 0 Å². The average molecular weight is 528 g/mol. The van der Waals surface area contributed by atoms with Crippen LogP contribution in [-0.4, -0.2) is 0 Å². The fourth-order valence-corrected chi connectivity index (χ4v) is 6.93. The Bertz CT molecular complexity index is 2160. The van der Waals surface area contributed by atoms with Gasteiger partial charge in [0.05, 0.1) is 0 Å². The third kappa shape index (κ3) is 3.93. The van der Waals surface area contributed by atoms with E-state index < -0.39 is 0 Å². The molecular formula is C38H25NS. The lowest BCUT2D eigenvalue weighted by molar-refractivity contribution is 1.29. The predicted octanol–water partition coefficient (Wildman–Crippen LogP) is 11.5. The maximum Gasteiger partial charge on any atom is 0.0468 e. The minimum absolute atomic E-state index is 1.14. The van der Waals surface area contributed by atoms with Crippen LogP contribution in [-0.2, 0) is 0 Å². The van der Waals surface area contributed by atoms with E-state index in [0.717, 1.165) is 17.1 Å². The molecule has 7 aromatic carbocycles. The van der Waals surface area contributed by atoms with Crippen LogP contribution >= 0.6 is 11.3 Å². The number of hydrogen-bond donors (Lipinski definition) is 0. The van der Waals surface area contributed by atoms with Gasteiger partial charge in [-0.05, 0) is 93.3 Å². The van der Waals surface area contributed by atoms with Gasteiger partial charge in [-0.3, -0.25) is 0 Å². The number of para-hydroxylation sites is 1. The maximum atomic E-state index is 2.35. The highest BCUT2D eigenvalue weighted by Gasteiger charge is 2.14. The normalized spacial score (nSPS) is 11.5. The Kier molecular flexibility index (Phi) is 5.39. The van der Waals surface area contributed by atoms with Crippen molar-refractivity contribution in [3.63, 3.8) is 0 Å². The molecule has 0 spiro atoms. The zero-order valence-corrected chi connectivity index (χ0v) is 22.6. The molecule has 1 heterocycles. The Morgan fingerprint density at radius 3 is 1.88 bits per heavy atom. The molecule has 2 heteroatoms. The Balaban J connectivity index is 1.23. The van der Waals surface area contributed by atoms with Crippen molar-refractivity contribution in [3.8, 4) is 11.1 Å². The van der Waals surface area contributed by atoms with E-state index in [1.165, 1.54) is 52.8 Å². The van der Waals surface area contributed by atoms with Gasteiger partial charge in [-0.25, -0.2) is 0 Å². The monoisotopic (exact) mass is 527 g/mol. The first-order valence-electron chi connectivity index (χ1n) is 13.6. The van der Waals surface area contributed by atoms with Crippen LogP contribution in [0, 0.1) is 0 Å². The molecule has 1 nitrogen and oxygen atoms in total. The van der Waals surface area contributed by atoms with E-state index in [-0.39, 0.29) is 0 Å². The summed E-state index contributed by atoms with van der Waals surface area (Å²) >= 11 is 1.87. The van der Waals surface area contributed by atoms with Crippen molar-refractivity contribution in [2.75, 3.05) is 4.90 Å². The van der Waals surface area contributed by atoms with Crippen LogP contribution in [0.5, 0.6) is 0 Å². The number of benzene rings is 7. The molecule has 0 radical (unpaired) electrons. The summed E-state index contributed by atoms with van der Waals surface area (Å²) in [6, 6.07) is 55.0. The average Bonchev–Trinajstić information content (AvgIpc) is 3.38. The topological polar surface area (TPSA) is 3.24 Å². The summed E-state index contributed by atoms with van der Waals surface area (Å²) in [6.07, 6.45) is 0. The molecule has 0 N–H and O–H groups in total. The molecule has 0 bridgehead atoms. The van der Waals surface area contributed by atoms with Crippen LogP contribution in [0.3, 0.4) is 0 Å². The molecule has 0 unspecified atom stereocenters. The first-order valence-corrected chi connectivity index (χ1v) is 14.4. The van der Waals surface area contributed by atoms with Gasteiger partial charge in [0.15, 0.2) is 0 Å². The van der Waals surface area contributed by atoms with E-state index in [0.29, 0.717) is 0 Å². The Labute approximate surface area is 237 Å². The fourth-order valence-electron chi connectivity index (χ4n) is 5.79. The Morgan fingerprint density at radius 2 is 1.00 bits per heavy atom. The van der Waals surface area contributed by atoms with Crippen molar-refractivity contribution >= 4 is 70.1 Å². The number of thiophene rings is 1. The van der Waals surface area contributed by atoms with Crippen LogP contribution in [0.4, 0.5) is 17.1 Å². The van der Waals surface area contributed by atoms with E-state index in [1.807, 2.05) is 11.3 Å². The molecule has 1 aromatic heterocycles. The lowest BCUT2D eigenvalue weighted by Gasteiger charge is -2.26. The van der Waals surface area contributed by atoms with Gasteiger partial charge in [-0.1, -0.05) is 91.0 Å². The summed E-state index contributed by atoms with van der Waals surface area (Å²) in [7, 11) is 0. The van der Waals surface area contributed by atoms with Gasteiger partial charge in [-0.15, -0.1) is 11.3 Å². The van der Waals surface area contributed by atoms with Gasteiger partial charge in [-0.2, -0.15) is 0 Å². The molecular weight excluding hydrogens is 502 g/mol. The summed E-state index contributed by atoms with van der Waals surface area (Å²) in [5.74, 6) is 0. The molecule has 0 aliphatic heterocycles. The van der Waals surface area contributed by atoms with E-state index >= 15 is 0 Å². The number of nitrogens with zero attached hydrogens (tertiary/aromatic N) is 1. The molecule has 0 aliphatic rings. The SMILES string of the molecule is c1ccc(N(c2ccc(-c3ccc4ccccc4c3)cc2)c2ccc3cc4c(cc3c2)sc2ccccc24)cc1. The highest BCUT2D eigenvalue weighted by atomic mass is 32.1. The predicted molar refractivity (Wildman–Crippen MR) is 174 cm³/mol. The second kappa shape index (κ2) is 9.37. The third-order valence-corrected chi connectivity index (χ3v) is 8.93. The van der Waals surface area contributed by atoms with Crippen molar-refractivity contribution in [2.24, 2.45) is 0 Å². The van der Waals surface area contributed by atoms with Gasteiger partial charge in [0, 0.05) is 37.2 Å². The van der Waals surface area contributed by atoms with E-state index in [2.05, 4.69) is 157 Å². The zero-order chi connectivity index (χ0) is 26.5. The molecule has 0 saturated carbocycles. The molecule has 40 heavy (non-hydrogen) atoms. The molecule has 8 aromatic rings. The van der Waals surface area contributed by atoms with E-state index in [9.17, 15) is 0 Å². The quantitative estimate of drug-likeness (QED) is 0.220. The zero-order valence-electron chi connectivity index (χ0n) is 21.8. The molecule has 0 aliphatic carbocycles. The number of hydrogen-bond acceptors (Lipinski definition) is 2. The molecule has 0 saturated heterocycles. The second-order valence-corrected chi connectivity index (χ2v) is 11.3. The second-order valence-electron chi connectivity index (χ2n) is 10.3. The van der Waals surface area contributed by atoms with Crippen LogP contribution in [0.1, 0.15) is 0 Å². The summed E-state index contributed by atoms with van der Waals surface area (Å²) in [5, 5.41) is 7.72.